The van der Waals surface area contributed by atoms with Crippen LogP contribution in [0.25, 0.3) is 11.1 Å². The number of furan rings is 1. The van der Waals surface area contributed by atoms with E-state index in [-0.39, 0.29) is 13.2 Å². The van der Waals surface area contributed by atoms with Crippen LogP contribution in [0.5, 0.6) is 0 Å². The van der Waals surface area contributed by atoms with E-state index in [2.05, 4.69) is 4.98 Å². The van der Waals surface area contributed by atoms with Crippen LogP contribution in [0.15, 0.2) is 41.3 Å². The molecule has 0 saturated heterocycles. The van der Waals surface area contributed by atoms with Crippen molar-refractivity contribution in [2.24, 2.45) is 5.73 Å². The second-order valence-electron chi connectivity index (χ2n) is 2.77. The smallest absolute Gasteiger partial charge is 0.285 e. The van der Waals surface area contributed by atoms with Crippen LogP contribution in [0.2, 0.25) is 0 Å². The molecule has 0 aliphatic carbocycles. The van der Waals surface area contributed by atoms with Crippen LogP contribution in [-0.4, -0.2) is 10.9 Å². The van der Waals surface area contributed by atoms with Crippen molar-refractivity contribution in [1.82, 2.24) is 4.98 Å². The summed E-state index contributed by atoms with van der Waals surface area (Å²) in [5.41, 5.74) is 6.63. The fourth-order valence-corrected chi connectivity index (χ4v) is 1.25. The molecule has 0 saturated carbocycles. The number of pyridine rings is 1. The number of amides is 1. The van der Waals surface area contributed by atoms with Gasteiger partial charge in [0.25, 0.3) is 5.91 Å². The molecule has 0 aliphatic rings. The van der Waals surface area contributed by atoms with Crippen molar-refractivity contribution in [2.45, 2.75) is 7.43 Å². The molecule has 0 atom stereocenters. The Kier molecular flexibility index (Phi) is 3.23. The summed E-state index contributed by atoms with van der Waals surface area (Å²) in [5.74, 6) is -0.410. The van der Waals surface area contributed by atoms with Gasteiger partial charge >= 0.3 is 0 Å². The Bertz CT molecular complexity index is 449. The van der Waals surface area contributed by atoms with Crippen LogP contribution in [0.3, 0.4) is 0 Å². The average molecular weight is 204 g/mol. The maximum absolute atomic E-state index is 11.0. The van der Waals surface area contributed by atoms with Crippen LogP contribution in [-0.2, 0) is 0 Å². The molecule has 15 heavy (non-hydrogen) atoms. The molecular weight excluding hydrogens is 192 g/mol. The van der Waals surface area contributed by atoms with E-state index in [9.17, 15) is 4.79 Å². The highest BCUT2D eigenvalue weighted by Crippen LogP contribution is 2.23. The quantitative estimate of drug-likeness (QED) is 0.814. The van der Waals surface area contributed by atoms with Crippen LogP contribution < -0.4 is 5.73 Å². The van der Waals surface area contributed by atoms with Gasteiger partial charge in [0.15, 0.2) is 5.76 Å². The fraction of sp³-hybridized carbons (Fsp3) is 0.0909. The van der Waals surface area contributed by atoms with Crippen LogP contribution >= 0.6 is 0 Å². The highest BCUT2D eigenvalue weighted by Gasteiger charge is 2.12. The molecular formula is C11H12N2O2. The van der Waals surface area contributed by atoms with Crippen molar-refractivity contribution in [3.63, 3.8) is 0 Å². The maximum Gasteiger partial charge on any atom is 0.285 e. The first-order valence-electron chi connectivity index (χ1n) is 4.07. The monoisotopic (exact) mass is 204 g/mol. The van der Waals surface area contributed by atoms with Crippen molar-refractivity contribution >= 4 is 5.91 Å². The van der Waals surface area contributed by atoms with Gasteiger partial charge in [0, 0.05) is 23.5 Å². The zero-order valence-electron chi connectivity index (χ0n) is 7.31. The van der Waals surface area contributed by atoms with E-state index in [4.69, 9.17) is 10.2 Å². The van der Waals surface area contributed by atoms with Gasteiger partial charge in [0.2, 0.25) is 0 Å². The minimum atomic E-state index is -0.575. The summed E-state index contributed by atoms with van der Waals surface area (Å²) in [6.07, 6.45) is 4.74. The lowest BCUT2D eigenvalue weighted by Crippen LogP contribution is -2.10. The van der Waals surface area contributed by atoms with Gasteiger partial charge in [-0.05, 0) is 12.1 Å². The number of hydrogen-bond acceptors (Lipinski definition) is 3. The third-order valence-electron chi connectivity index (χ3n) is 1.86. The van der Waals surface area contributed by atoms with Gasteiger partial charge < -0.3 is 10.2 Å². The Hall–Kier alpha value is -2.10. The van der Waals surface area contributed by atoms with E-state index in [0.717, 1.165) is 5.56 Å². The minimum absolute atomic E-state index is 0. The van der Waals surface area contributed by atoms with Gasteiger partial charge in [0.05, 0.1) is 6.26 Å². The van der Waals surface area contributed by atoms with Crippen molar-refractivity contribution in [3.05, 3.63) is 42.6 Å². The first-order chi connectivity index (χ1) is 6.79. The number of primary amides is 1. The molecule has 2 aromatic rings. The van der Waals surface area contributed by atoms with Gasteiger partial charge in [0.1, 0.15) is 0 Å². The third-order valence-corrected chi connectivity index (χ3v) is 1.86. The lowest BCUT2D eigenvalue weighted by molar-refractivity contribution is 0.0975. The summed E-state index contributed by atoms with van der Waals surface area (Å²) >= 11 is 0. The molecule has 2 rings (SSSR count). The van der Waals surface area contributed by atoms with E-state index in [0.29, 0.717) is 5.56 Å². The van der Waals surface area contributed by atoms with Gasteiger partial charge in [-0.25, -0.2) is 0 Å². The molecule has 0 bridgehead atoms. The molecule has 2 heterocycles. The first-order valence-corrected chi connectivity index (χ1v) is 4.07. The molecule has 0 spiro atoms. The van der Waals surface area contributed by atoms with Crippen molar-refractivity contribution in [1.29, 1.82) is 0 Å². The Morgan fingerprint density at radius 2 is 2.20 bits per heavy atom. The molecule has 0 aromatic carbocycles. The van der Waals surface area contributed by atoms with Crippen LogP contribution in [0.1, 0.15) is 18.0 Å². The van der Waals surface area contributed by atoms with E-state index in [1.54, 1.807) is 24.5 Å². The van der Waals surface area contributed by atoms with Gasteiger partial charge in [-0.1, -0.05) is 13.5 Å². The summed E-state index contributed by atoms with van der Waals surface area (Å²) in [5, 5.41) is 0. The molecule has 4 heteroatoms. The normalized spacial score (nSPS) is 9.33. The second kappa shape index (κ2) is 4.41. The zero-order chi connectivity index (χ0) is 9.97. The van der Waals surface area contributed by atoms with Gasteiger partial charge in [-0.3, -0.25) is 9.78 Å². The minimum Gasteiger partial charge on any atom is -0.459 e. The number of carbonyl (C=O) groups excluding carboxylic acids is 1. The van der Waals surface area contributed by atoms with E-state index in [1.807, 2.05) is 6.07 Å². The van der Waals surface area contributed by atoms with Gasteiger partial charge in [-0.2, -0.15) is 0 Å². The number of rotatable bonds is 2. The Morgan fingerprint density at radius 3 is 2.80 bits per heavy atom. The van der Waals surface area contributed by atoms with Crippen LogP contribution in [0, 0.1) is 0 Å². The predicted molar refractivity (Wildman–Crippen MR) is 57.2 cm³/mol. The van der Waals surface area contributed by atoms with E-state index < -0.39 is 5.91 Å². The highest BCUT2D eigenvalue weighted by atomic mass is 16.3. The molecule has 0 radical (unpaired) electrons. The molecule has 78 valence electrons. The maximum atomic E-state index is 11.0. The predicted octanol–water partition coefficient (Wildman–Crippen LogP) is 2.08. The number of carbonyl (C=O) groups is 1. The lowest BCUT2D eigenvalue weighted by Gasteiger charge is -1.97. The highest BCUT2D eigenvalue weighted by molar-refractivity contribution is 5.96. The second-order valence-corrected chi connectivity index (χ2v) is 2.77. The number of hydrogen-bond donors (Lipinski definition) is 1. The topological polar surface area (TPSA) is 69.1 Å². The summed E-state index contributed by atoms with van der Waals surface area (Å²) in [7, 11) is 0. The summed E-state index contributed by atoms with van der Waals surface area (Å²) in [6, 6.07) is 5.31. The molecule has 2 N–H and O–H groups in total. The summed E-state index contributed by atoms with van der Waals surface area (Å²) in [4.78, 5) is 14.9. The lowest BCUT2D eigenvalue weighted by atomic mass is 10.1. The molecule has 4 nitrogen and oxygen atoms in total. The fourth-order valence-electron chi connectivity index (χ4n) is 1.25. The molecule has 1 amide bonds. The van der Waals surface area contributed by atoms with Crippen LogP contribution in [0.4, 0.5) is 0 Å². The third kappa shape index (κ3) is 2.04. The molecule has 0 fully saturated rings. The Balaban J connectivity index is 0.00000112. The summed E-state index contributed by atoms with van der Waals surface area (Å²) in [6.45, 7) is 0. The Labute approximate surface area is 87.7 Å². The van der Waals surface area contributed by atoms with Crippen molar-refractivity contribution in [3.8, 4) is 11.1 Å². The number of nitrogens with two attached hydrogens (primary N) is 1. The van der Waals surface area contributed by atoms with E-state index in [1.165, 1.54) is 6.26 Å². The molecule has 2 aromatic heterocycles. The summed E-state index contributed by atoms with van der Waals surface area (Å²) < 4.78 is 4.98. The average Bonchev–Trinajstić information content (AvgIpc) is 2.67. The molecule has 0 aliphatic heterocycles. The van der Waals surface area contributed by atoms with Crippen molar-refractivity contribution in [2.75, 3.05) is 0 Å². The Morgan fingerprint density at radius 1 is 1.40 bits per heavy atom. The van der Waals surface area contributed by atoms with Gasteiger partial charge in [-0.15, -0.1) is 0 Å². The number of nitrogens with zero attached hydrogens (tertiary/aromatic N) is 1. The zero-order valence-corrected chi connectivity index (χ0v) is 7.31. The first kappa shape index (κ1) is 11.0. The van der Waals surface area contributed by atoms with E-state index >= 15 is 0 Å². The van der Waals surface area contributed by atoms with Crippen molar-refractivity contribution < 1.29 is 9.21 Å². The SMILES string of the molecule is C.NC(=O)c1occc1-c1cccnc1. The molecule has 0 unspecified atom stereocenters. The number of aromatic nitrogens is 1. The largest absolute Gasteiger partial charge is 0.459 e. The standard InChI is InChI=1S/C10H8N2O2.CH4/c11-10(13)9-8(3-5-14-9)7-2-1-4-12-6-7;/h1-6H,(H2,11,13);1H4.